The van der Waals surface area contributed by atoms with Crippen molar-refractivity contribution in [1.29, 1.82) is 0 Å². The second kappa shape index (κ2) is 5.01. The molecule has 0 saturated heterocycles. The first-order valence-electron chi connectivity index (χ1n) is 4.83. The Labute approximate surface area is 110 Å². The Morgan fingerprint density at radius 1 is 1.33 bits per heavy atom. The lowest BCUT2D eigenvalue weighted by Crippen LogP contribution is -2.11. The number of aromatic carboxylic acids is 1. The topological polar surface area (TPSA) is 92.4 Å². The molecule has 1 heterocycles. The highest BCUT2D eigenvalue weighted by Gasteiger charge is 2.13. The predicted molar refractivity (Wildman–Crippen MR) is 65.6 cm³/mol. The van der Waals surface area contributed by atoms with E-state index in [0.29, 0.717) is 10.2 Å². The molecule has 2 rings (SSSR count). The molecule has 0 aliphatic carbocycles. The van der Waals surface area contributed by atoms with E-state index in [0.717, 1.165) is 0 Å². The molecule has 0 aliphatic heterocycles. The van der Waals surface area contributed by atoms with Crippen molar-refractivity contribution in [3.63, 3.8) is 0 Å². The van der Waals surface area contributed by atoms with Crippen molar-refractivity contribution in [1.82, 2.24) is 5.16 Å². The molecular formula is C11H7BrN2O4. The second-order valence-corrected chi connectivity index (χ2v) is 4.18. The van der Waals surface area contributed by atoms with Gasteiger partial charge in [0.1, 0.15) is 0 Å². The third-order valence-corrected chi connectivity index (χ3v) is 2.78. The average molecular weight is 311 g/mol. The van der Waals surface area contributed by atoms with Gasteiger partial charge in [-0.25, -0.2) is 4.79 Å². The smallest absolute Gasteiger partial charge is 0.335 e. The number of nitrogens with one attached hydrogen (secondary N) is 1. The zero-order valence-electron chi connectivity index (χ0n) is 8.88. The molecule has 2 aromatic rings. The zero-order valence-corrected chi connectivity index (χ0v) is 10.5. The maximum atomic E-state index is 11.7. The molecule has 92 valence electrons. The molecule has 0 spiro atoms. The highest BCUT2D eigenvalue weighted by Crippen LogP contribution is 2.24. The fourth-order valence-corrected chi connectivity index (χ4v) is 1.74. The maximum Gasteiger partial charge on any atom is 0.335 e. The fourth-order valence-electron chi connectivity index (χ4n) is 1.27. The Morgan fingerprint density at radius 3 is 2.67 bits per heavy atom. The summed E-state index contributed by atoms with van der Waals surface area (Å²) in [5.74, 6) is -1.43. The summed E-state index contributed by atoms with van der Waals surface area (Å²) in [7, 11) is 0. The van der Waals surface area contributed by atoms with Crippen LogP contribution in [-0.2, 0) is 0 Å². The van der Waals surface area contributed by atoms with Gasteiger partial charge in [-0.05, 0) is 34.1 Å². The largest absolute Gasteiger partial charge is 0.478 e. The number of carboxylic acids is 1. The number of anilines is 1. The standard InChI is InChI=1S/C11H7BrN2O4/c12-7-5-6(11(16)17)1-2-8(7)14-10(15)9-3-4-13-18-9/h1-5H,(H,14,15)(H,16,17). The summed E-state index contributed by atoms with van der Waals surface area (Å²) in [6.07, 6.45) is 1.36. The number of hydrogen-bond acceptors (Lipinski definition) is 4. The Kier molecular flexibility index (Phi) is 3.42. The summed E-state index contributed by atoms with van der Waals surface area (Å²) in [5, 5.41) is 14.8. The molecule has 0 unspecified atom stereocenters. The van der Waals surface area contributed by atoms with Gasteiger partial charge in [0.2, 0.25) is 5.76 Å². The molecule has 2 N–H and O–H groups in total. The van der Waals surface area contributed by atoms with Gasteiger partial charge in [-0.3, -0.25) is 4.79 Å². The van der Waals surface area contributed by atoms with Crippen LogP contribution in [0.25, 0.3) is 0 Å². The number of carbonyl (C=O) groups is 2. The Balaban J connectivity index is 2.20. The van der Waals surface area contributed by atoms with Crippen LogP contribution in [0.5, 0.6) is 0 Å². The molecule has 0 bridgehead atoms. The number of aromatic nitrogens is 1. The third kappa shape index (κ3) is 2.57. The molecule has 18 heavy (non-hydrogen) atoms. The minimum atomic E-state index is -1.04. The SMILES string of the molecule is O=C(O)c1ccc(NC(=O)c2ccno2)c(Br)c1. The summed E-state index contributed by atoms with van der Waals surface area (Å²) in [4.78, 5) is 22.4. The van der Waals surface area contributed by atoms with Gasteiger partial charge in [-0.2, -0.15) is 0 Å². The number of nitrogens with zero attached hydrogens (tertiary/aromatic N) is 1. The molecular weight excluding hydrogens is 304 g/mol. The van der Waals surface area contributed by atoms with E-state index in [9.17, 15) is 9.59 Å². The molecule has 1 amide bonds. The maximum absolute atomic E-state index is 11.7. The van der Waals surface area contributed by atoms with Crippen molar-refractivity contribution in [2.24, 2.45) is 0 Å². The van der Waals surface area contributed by atoms with Crippen LogP contribution in [0.15, 0.2) is 39.5 Å². The Morgan fingerprint density at radius 2 is 2.11 bits per heavy atom. The van der Waals surface area contributed by atoms with Crippen LogP contribution < -0.4 is 5.32 Å². The highest BCUT2D eigenvalue weighted by molar-refractivity contribution is 9.10. The van der Waals surface area contributed by atoms with Crippen LogP contribution >= 0.6 is 15.9 Å². The molecule has 0 aliphatic rings. The number of carbonyl (C=O) groups excluding carboxylic acids is 1. The van der Waals surface area contributed by atoms with Gasteiger partial charge in [-0.1, -0.05) is 5.16 Å². The molecule has 6 nitrogen and oxygen atoms in total. The minimum absolute atomic E-state index is 0.0733. The first-order chi connectivity index (χ1) is 8.58. The summed E-state index contributed by atoms with van der Waals surface area (Å²) < 4.78 is 5.17. The lowest BCUT2D eigenvalue weighted by atomic mass is 10.2. The van der Waals surface area contributed by atoms with Crippen molar-refractivity contribution < 1.29 is 19.2 Å². The summed E-state index contributed by atoms with van der Waals surface area (Å²) in [5.41, 5.74) is 0.570. The zero-order chi connectivity index (χ0) is 13.1. The minimum Gasteiger partial charge on any atom is -0.478 e. The second-order valence-electron chi connectivity index (χ2n) is 3.33. The molecule has 0 fully saturated rings. The van der Waals surface area contributed by atoms with E-state index < -0.39 is 11.9 Å². The third-order valence-electron chi connectivity index (χ3n) is 2.13. The van der Waals surface area contributed by atoms with Crippen molar-refractivity contribution in [3.05, 3.63) is 46.3 Å². The van der Waals surface area contributed by atoms with Crippen molar-refractivity contribution in [3.8, 4) is 0 Å². The quantitative estimate of drug-likeness (QED) is 0.908. The van der Waals surface area contributed by atoms with Gasteiger partial charge in [0, 0.05) is 10.5 Å². The van der Waals surface area contributed by atoms with Gasteiger partial charge in [-0.15, -0.1) is 0 Å². The van der Waals surface area contributed by atoms with Gasteiger partial charge >= 0.3 is 5.97 Å². The van der Waals surface area contributed by atoms with Gasteiger partial charge in [0.15, 0.2) is 0 Å². The van der Waals surface area contributed by atoms with E-state index in [4.69, 9.17) is 9.63 Å². The number of carboxylic acid groups (broad SMARTS) is 1. The first kappa shape index (κ1) is 12.3. The van der Waals surface area contributed by atoms with E-state index in [2.05, 4.69) is 26.4 Å². The van der Waals surface area contributed by atoms with E-state index in [1.54, 1.807) is 0 Å². The van der Waals surface area contributed by atoms with Crippen molar-refractivity contribution >= 4 is 33.5 Å². The van der Waals surface area contributed by atoms with Gasteiger partial charge < -0.3 is 14.9 Å². The summed E-state index contributed by atoms with van der Waals surface area (Å²) in [6, 6.07) is 5.71. The fraction of sp³-hybridized carbons (Fsp3) is 0. The van der Waals surface area contributed by atoms with Crippen LogP contribution in [-0.4, -0.2) is 22.1 Å². The molecule has 0 atom stereocenters. The van der Waals surface area contributed by atoms with Crippen LogP contribution in [0.2, 0.25) is 0 Å². The summed E-state index contributed by atoms with van der Waals surface area (Å²) in [6.45, 7) is 0. The van der Waals surface area contributed by atoms with E-state index in [1.165, 1.54) is 30.5 Å². The summed E-state index contributed by atoms with van der Waals surface area (Å²) >= 11 is 3.18. The number of amides is 1. The van der Waals surface area contributed by atoms with Crippen molar-refractivity contribution in [2.75, 3.05) is 5.32 Å². The Bertz CT molecular complexity index is 595. The van der Waals surface area contributed by atoms with Crippen LogP contribution in [0.4, 0.5) is 5.69 Å². The van der Waals surface area contributed by atoms with Crippen LogP contribution in [0.3, 0.4) is 0 Å². The van der Waals surface area contributed by atoms with Crippen molar-refractivity contribution in [2.45, 2.75) is 0 Å². The predicted octanol–water partition coefficient (Wildman–Crippen LogP) is 2.39. The molecule has 0 radical (unpaired) electrons. The lowest BCUT2D eigenvalue weighted by Gasteiger charge is -2.06. The lowest BCUT2D eigenvalue weighted by molar-refractivity contribution is 0.0696. The number of benzene rings is 1. The number of hydrogen-bond donors (Lipinski definition) is 2. The van der Waals surface area contributed by atoms with Gasteiger partial charge in [0.25, 0.3) is 5.91 Å². The Hall–Kier alpha value is -2.15. The van der Waals surface area contributed by atoms with Crippen LogP contribution in [0.1, 0.15) is 20.9 Å². The normalized spacial score (nSPS) is 10.1. The molecule has 1 aromatic carbocycles. The molecule has 0 saturated carbocycles. The van der Waals surface area contributed by atoms with E-state index >= 15 is 0 Å². The highest BCUT2D eigenvalue weighted by atomic mass is 79.9. The van der Waals surface area contributed by atoms with Crippen LogP contribution in [0, 0.1) is 0 Å². The number of halogens is 1. The van der Waals surface area contributed by atoms with E-state index in [-0.39, 0.29) is 11.3 Å². The first-order valence-corrected chi connectivity index (χ1v) is 5.62. The van der Waals surface area contributed by atoms with E-state index in [1.807, 2.05) is 0 Å². The average Bonchev–Trinajstić information content (AvgIpc) is 2.85. The number of rotatable bonds is 3. The molecule has 1 aromatic heterocycles. The monoisotopic (exact) mass is 310 g/mol. The van der Waals surface area contributed by atoms with Gasteiger partial charge in [0.05, 0.1) is 17.4 Å². The molecule has 7 heteroatoms.